The van der Waals surface area contributed by atoms with Gasteiger partial charge in [0.2, 0.25) is 0 Å². The van der Waals surface area contributed by atoms with Gasteiger partial charge in [0.05, 0.1) is 7.11 Å². The Hall–Kier alpha value is -1.02. The standard InChI is InChI=1S/C14H21NO/c1-12-7-5-6-10-15(12)11-13-8-3-4-9-14(13)16-2/h3-4,8-9,12H,5-7,10-11H2,1-2H3/t12-/m0/s1. The van der Waals surface area contributed by atoms with Gasteiger partial charge >= 0.3 is 0 Å². The third kappa shape index (κ3) is 2.56. The molecule has 0 aliphatic carbocycles. The Bertz CT molecular complexity index is 337. The summed E-state index contributed by atoms with van der Waals surface area (Å²) in [7, 11) is 1.75. The van der Waals surface area contributed by atoms with E-state index in [0.717, 1.165) is 12.3 Å². The molecule has 1 atom stereocenters. The number of nitrogens with zero attached hydrogens (tertiary/aromatic N) is 1. The van der Waals surface area contributed by atoms with Crippen molar-refractivity contribution in [2.24, 2.45) is 0 Å². The molecule has 0 saturated carbocycles. The molecule has 1 aromatic carbocycles. The molecule has 0 N–H and O–H groups in total. The summed E-state index contributed by atoms with van der Waals surface area (Å²) in [5.74, 6) is 1.01. The highest BCUT2D eigenvalue weighted by molar-refractivity contribution is 5.33. The number of hydrogen-bond acceptors (Lipinski definition) is 2. The van der Waals surface area contributed by atoms with Gasteiger partial charge in [0.1, 0.15) is 5.75 Å². The van der Waals surface area contributed by atoms with Crippen molar-refractivity contribution in [3.05, 3.63) is 29.8 Å². The topological polar surface area (TPSA) is 12.5 Å². The van der Waals surface area contributed by atoms with E-state index in [9.17, 15) is 0 Å². The fourth-order valence-electron chi connectivity index (χ4n) is 2.44. The molecule has 1 aromatic rings. The van der Waals surface area contributed by atoms with Crippen molar-refractivity contribution in [2.45, 2.75) is 38.8 Å². The number of para-hydroxylation sites is 1. The van der Waals surface area contributed by atoms with Crippen molar-refractivity contribution in [3.63, 3.8) is 0 Å². The van der Waals surface area contributed by atoms with Crippen LogP contribution in [0.5, 0.6) is 5.75 Å². The van der Waals surface area contributed by atoms with Crippen LogP contribution in [0.4, 0.5) is 0 Å². The van der Waals surface area contributed by atoms with Crippen molar-refractivity contribution in [3.8, 4) is 5.75 Å². The van der Waals surface area contributed by atoms with Crippen LogP contribution in [-0.4, -0.2) is 24.6 Å². The van der Waals surface area contributed by atoms with Gasteiger partial charge < -0.3 is 4.74 Å². The maximum Gasteiger partial charge on any atom is 0.123 e. The largest absolute Gasteiger partial charge is 0.496 e. The van der Waals surface area contributed by atoms with Crippen molar-refractivity contribution in [1.82, 2.24) is 4.90 Å². The normalized spacial score (nSPS) is 22.0. The van der Waals surface area contributed by atoms with Gasteiger partial charge in [0.15, 0.2) is 0 Å². The van der Waals surface area contributed by atoms with E-state index < -0.39 is 0 Å². The van der Waals surface area contributed by atoms with Gasteiger partial charge in [0.25, 0.3) is 0 Å². The van der Waals surface area contributed by atoms with E-state index in [2.05, 4.69) is 24.0 Å². The molecule has 0 spiro atoms. The predicted molar refractivity (Wildman–Crippen MR) is 66.7 cm³/mol. The van der Waals surface area contributed by atoms with Crippen LogP contribution in [0, 0.1) is 0 Å². The molecule has 0 aromatic heterocycles. The second-order valence-electron chi connectivity index (χ2n) is 4.63. The van der Waals surface area contributed by atoms with Gasteiger partial charge in [-0.2, -0.15) is 0 Å². The molecular weight excluding hydrogens is 198 g/mol. The molecule has 0 amide bonds. The molecule has 1 heterocycles. The quantitative estimate of drug-likeness (QED) is 0.774. The molecule has 1 aliphatic rings. The summed E-state index contributed by atoms with van der Waals surface area (Å²) in [5, 5.41) is 0. The van der Waals surface area contributed by atoms with E-state index in [-0.39, 0.29) is 0 Å². The maximum atomic E-state index is 5.40. The van der Waals surface area contributed by atoms with Crippen molar-refractivity contribution in [1.29, 1.82) is 0 Å². The number of methoxy groups -OCH3 is 1. The number of rotatable bonds is 3. The number of ether oxygens (including phenoxy) is 1. The molecule has 0 bridgehead atoms. The van der Waals surface area contributed by atoms with Gasteiger partial charge in [-0.05, 0) is 32.4 Å². The molecule has 2 heteroatoms. The highest BCUT2D eigenvalue weighted by atomic mass is 16.5. The summed E-state index contributed by atoms with van der Waals surface area (Å²) in [6.45, 7) is 4.57. The average molecular weight is 219 g/mol. The lowest BCUT2D eigenvalue weighted by atomic mass is 10.0. The fourth-order valence-corrected chi connectivity index (χ4v) is 2.44. The zero-order valence-corrected chi connectivity index (χ0v) is 10.3. The van der Waals surface area contributed by atoms with E-state index in [0.29, 0.717) is 6.04 Å². The number of likely N-dealkylation sites (tertiary alicyclic amines) is 1. The minimum Gasteiger partial charge on any atom is -0.496 e. The summed E-state index contributed by atoms with van der Waals surface area (Å²) in [6.07, 6.45) is 4.04. The molecule has 2 nitrogen and oxygen atoms in total. The Kier molecular flexibility index (Phi) is 3.83. The van der Waals surface area contributed by atoms with E-state index in [1.54, 1.807) is 7.11 Å². The molecular formula is C14H21NO. The summed E-state index contributed by atoms with van der Waals surface area (Å²) < 4.78 is 5.40. The minimum atomic E-state index is 0.707. The third-order valence-corrected chi connectivity index (χ3v) is 3.51. The summed E-state index contributed by atoms with van der Waals surface area (Å²) in [6, 6.07) is 9.04. The zero-order valence-electron chi connectivity index (χ0n) is 10.3. The lowest BCUT2D eigenvalue weighted by Gasteiger charge is -2.33. The predicted octanol–water partition coefficient (Wildman–Crippen LogP) is 3.07. The lowest BCUT2D eigenvalue weighted by Crippen LogP contribution is -2.36. The fraction of sp³-hybridized carbons (Fsp3) is 0.571. The van der Waals surface area contributed by atoms with E-state index in [1.165, 1.54) is 31.4 Å². The van der Waals surface area contributed by atoms with Gasteiger partial charge in [-0.3, -0.25) is 4.90 Å². The SMILES string of the molecule is COc1ccccc1CN1CCCC[C@@H]1C. The Morgan fingerprint density at radius 1 is 1.31 bits per heavy atom. The number of piperidine rings is 1. The number of hydrogen-bond donors (Lipinski definition) is 0. The highest BCUT2D eigenvalue weighted by Gasteiger charge is 2.19. The first-order chi connectivity index (χ1) is 7.81. The first-order valence-electron chi connectivity index (χ1n) is 6.17. The highest BCUT2D eigenvalue weighted by Crippen LogP contribution is 2.23. The van der Waals surface area contributed by atoms with Crippen LogP contribution in [0.2, 0.25) is 0 Å². The Morgan fingerprint density at radius 3 is 2.88 bits per heavy atom. The van der Waals surface area contributed by atoms with Crippen LogP contribution >= 0.6 is 0 Å². The maximum absolute atomic E-state index is 5.40. The average Bonchev–Trinajstić information content (AvgIpc) is 2.33. The van der Waals surface area contributed by atoms with E-state index in [4.69, 9.17) is 4.74 Å². The molecule has 16 heavy (non-hydrogen) atoms. The second kappa shape index (κ2) is 5.35. The first kappa shape index (κ1) is 11.5. The van der Waals surface area contributed by atoms with Crippen molar-refractivity contribution in [2.75, 3.05) is 13.7 Å². The second-order valence-corrected chi connectivity index (χ2v) is 4.63. The van der Waals surface area contributed by atoms with Crippen LogP contribution < -0.4 is 4.74 Å². The monoisotopic (exact) mass is 219 g/mol. The summed E-state index contributed by atoms with van der Waals surface area (Å²) in [5.41, 5.74) is 1.30. The molecule has 0 radical (unpaired) electrons. The van der Waals surface area contributed by atoms with E-state index >= 15 is 0 Å². The Labute approximate surface area is 98.2 Å². The van der Waals surface area contributed by atoms with Gasteiger partial charge in [0, 0.05) is 18.2 Å². The minimum absolute atomic E-state index is 0.707. The van der Waals surface area contributed by atoms with Crippen LogP contribution in [0.1, 0.15) is 31.7 Å². The molecule has 1 saturated heterocycles. The van der Waals surface area contributed by atoms with Crippen LogP contribution in [-0.2, 0) is 6.54 Å². The summed E-state index contributed by atoms with van der Waals surface area (Å²) >= 11 is 0. The van der Waals surface area contributed by atoms with E-state index in [1.807, 2.05) is 12.1 Å². The lowest BCUT2D eigenvalue weighted by molar-refractivity contribution is 0.151. The third-order valence-electron chi connectivity index (χ3n) is 3.51. The van der Waals surface area contributed by atoms with Crippen LogP contribution in [0.25, 0.3) is 0 Å². The summed E-state index contributed by atoms with van der Waals surface area (Å²) in [4.78, 5) is 2.56. The number of benzene rings is 1. The van der Waals surface area contributed by atoms with Crippen LogP contribution in [0.3, 0.4) is 0 Å². The Balaban J connectivity index is 2.07. The molecule has 1 aliphatic heterocycles. The molecule has 0 unspecified atom stereocenters. The smallest absolute Gasteiger partial charge is 0.123 e. The molecule has 1 fully saturated rings. The van der Waals surface area contributed by atoms with Crippen molar-refractivity contribution >= 4 is 0 Å². The van der Waals surface area contributed by atoms with Gasteiger partial charge in [-0.15, -0.1) is 0 Å². The molecule has 88 valence electrons. The van der Waals surface area contributed by atoms with Crippen molar-refractivity contribution < 1.29 is 4.74 Å². The van der Waals surface area contributed by atoms with Gasteiger partial charge in [-0.1, -0.05) is 24.6 Å². The molecule has 2 rings (SSSR count). The first-order valence-corrected chi connectivity index (χ1v) is 6.17. The van der Waals surface area contributed by atoms with Gasteiger partial charge in [-0.25, -0.2) is 0 Å². The zero-order chi connectivity index (χ0) is 11.4. The Morgan fingerprint density at radius 2 is 2.12 bits per heavy atom. The van der Waals surface area contributed by atoms with Crippen LogP contribution in [0.15, 0.2) is 24.3 Å².